The predicted molar refractivity (Wildman–Crippen MR) is 120 cm³/mol. The summed E-state index contributed by atoms with van der Waals surface area (Å²) in [5.41, 5.74) is 6.66. The van der Waals surface area contributed by atoms with Crippen LogP contribution >= 0.6 is 0 Å². The first-order chi connectivity index (χ1) is 14.7. The first-order valence-corrected chi connectivity index (χ1v) is 11.4. The molecule has 3 heteroatoms. The minimum atomic E-state index is 0.0181. The van der Waals surface area contributed by atoms with E-state index in [1.54, 1.807) is 7.11 Å². The highest BCUT2D eigenvalue weighted by Crippen LogP contribution is 2.59. The standard InChI is InChI=1S/C27H28O3/c1-29-23-15-19-22(28)16-21-25(24(19)18-11-14-30-26(18)23)17-9-5-6-10-20(17)27(21)12-7-3-2-4-8-13-27/h5-6,9-10,15-16,28H,2-4,7-8,11-14H2,1H3. The van der Waals surface area contributed by atoms with Gasteiger partial charge in [0.1, 0.15) is 5.75 Å². The van der Waals surface area contributed by atoms with Gasteiger partial charge in [-0.25, -0.2) is 0 Å². The first kappa shape index (κ1) is 18.1. The van der Waals surface area contributed by atoms with Gasteiger partial charge in [-0.1, -0.05) is 56.4 Å². The van der Waals surface area contributed by atoms with Crippen molar-refractivity contribution < 1.29 is 14.6 Å². The number of methoxy groups -OCH3 is 1. The molecular weight excluding hydrogens is 372 g/mol. The summed E-state index contributed by atoms with van der Waals surface area (Å²) in [6.45, 7) is 0.669. The molecular formula is C27H28O3. The Morgan fingerprint density at radius 1 is 0.967 bits per heavy atom. The van der Waals surface area contributed by atoms with Crippen LogP contribution in [0.1, 0.15) is 61.6 Å². The second-order valence-corrected chi connectivity index (χ2v) is 9.12. The lowest BCUT2D eigenvalue weighted by atomic mass is 9.69. The van der Waals surface area contributed by atoms with Crippen LogP contribution in [-0.4, -0.2) is 18.8 Å². The fourth-order valence-corrected chi connectivity index (χ4v) is 6.37. The summed E-state index contributed by atoms with van der Waals surface area (Å²) in [6.07, 6.45) is 9.63. The highest BCUT2D eigenvalue weighted by molar-refractivity contribution is 6.08. The highest BCUT2D eigenvalue weighted by Gasteiger charge is 2.44. The smallest absolute Gasteiger partial charge is 0.165 e. The molecule has 3 nitrogen and oxygen atoms in total. The van der Waals surface area contributed by atoms with Gasteiger partial charge in [-0.3, -0.25) is 0 Å². The van der Waals surface area contributed by atoms with Gasteiger partial charge in [0.15, 0.2) is 11.5 Å². The molecule has 30 heavy (non-hydrogen) atoms. The van der Waals surface area contributed by atoms with Crippen LogP contribution in [0.4, 0.5) is 0 Å². The molecule has 154 valence electrons. The number of fused-ring (bicyclic) bond motifs is 9. The Labute approximate surface area is 177 Å². The summed E-state index contributed by atoms with van der Waals surface area (Å²) in [6, 6.07) is 13.0. The van der Waals surface area contributed by atoms with Crippen molar-refractivity contribution in [1.29, 1.82) is 0 Å². The van der Waals surface area contributed by atoms with Gasteiger partial charge in [0.05, 0.1) is 13.7 Å². The van der Waals surface area contributed by atoms with Crippen LogP contribution in [0.5, 0.6) is 17.2 Å². The Bertz CT molecular complexity index is 1150. The summed E-state index contributed by atoms with van der Waals surface area (Å²) in [5, 5.41) is 13.3. The highest BCUT2D eigenvalue weighted by atomic mass is 16.5. The molecule has 1 spiro atoms. The van der Waals surface area contributed by atoms with E-state index >= 15 is 0 Å². The van der Waals surface area contributed by atoms with Crippen molar-refractivity contribution in [3.63, 3.8) is 0 Å². The predicted octanol–water partition coefficient (Wildman–Crippen LogP) is 6.50. The van der Waals surface area contributed by atoms with Gasteiger partial charge in [-0.2, -0.15) is 0 Å². The SMILES string of the molecule is COc1cc2c(O)cc3c(c2c2c1OCC2)-c1ccccc1C31CCCCCCC1. The molecule has 0 atom stereocenters. The van der Waals surface area contributed by atoms with Gasteiger partial charge in [-0.15, -0.1) is 0 Å². The van der Waals surface area contributed by atoms with Crippen molar-refractivity contribution in [3.8, 4) is 28.4 Å². The fraction of sp³-hybridized carbons (Fsp3) is 0.407. The Kier molecular flexibility index (Phi) is 4.02. The Balaban J connectivity index is 1.73. The third kappa shape index (κ3) is 2.32. The summed E-state index contributed by atoms with van der Waals surface area (Å²) in [4.78, 5) is 0. The molecule has 1 aliphatic heterocycles. The van der Waals surface area contributed by atoms with Crippen molar-refractivity contribution in [2.75, 3.05) is 13.7 Å². The third-order valence-corrected chi connectivity index (χ3v) is 7.67. The van der Waals surface area contributed by atoms with Crippen LogP contribution < -0.4 is 9.47 Å². The summed E-state index contributed by atoms with van der Waals surface area (Å²) in [5.74, 6) is 1.94. The Morgan fingerprint density at radius 3 is 2.53 bits per heavy atom. The van der Waals surface area contributed by atoms with E-state index in [9.17, 15) is 5.11 Å². The summed E-state index contributed by atoms with van der Waals surface area (Å²) in [7, 11) is 1.67. The van der Waals surface area contributed by atoms with Crippen LogP contribution in [0, 0.1) is 0 Å². The zero-order valence-electron chi connectivity index (χ0n) is 17.6. The van der Waals surface area contributed by atoms with E-state index in [-0.39, 0.29) is 5.41 Å². The lowest BCUT2D eigenvalue weighted by molar-refractivity contribution is 0.326. The normalized spacial score (nSPS) is 19.0. The van der Waals surface area contributed by atoms with E-state index in [0.29, 0.717) is 12.4 Å². The van der Waals surface area contributed by atoms with Crippen LogP contribution in [0.15, 0.2) is 36.4 Å². The Morgan fingerprint density at radius 2 is 1.73 bits per heavy atom. The molecule has 0 bridgehead atoms. The topological polar surface area (TPSA) is 38.7 Å². The van der Waals surface area contributed by atoms with E-state index in [1.165, 1.54) is 65.3 Å². The lowest BCUT2D eigenvalue weighted by Gasteiger charge is -2.34. The molecule has 3 aromatic rings. The molecule has 0 unspecified atom stereocenters. The maximum absolute atomic E-state index is 11.2. The monoisotopic (exact) mass is 400 g/mol. The van der Waals surface area contributed by atoms with Crippen molar-refractivity contribution in [3.05, 3.63) is 53.1 Å². The van der Waals surface area contributed by atoms with E-state index in [2.05, 4.69) is 30.3 Å². The third-order valence-electron chi connectivity index (χ3n) is 7.67. The molecule has 0 saturated heterocycles. The molecule has 0 radical (unpaired) electrons. The second kappa shape index (κ2) is 6.66. The van der Waals surface area contributed by atoms with Crippen LogP contribution in [0.25, 0.3) is 21.9 Å². The van der Waals surface area contributed by atoms with E-state index < -0.39 is 0 Å². The number of ether oxygens (including phenoxy) is 2. The second-order valence-electron chi connectivity index (χ2n) is 9.12. The van der Waals surface area contributed by atoms with Crippen molar-refractivity contribution in [1.82, 2.24) is 0 Å². The molecule has 3 aromatic carbocycles. The molecule has 1 N–H and O–H groups in total. The van der Waals surface area contributed by atoms with Crippen LogP contribution in [-0.2, 0) is 11.8 Å². The van der Waals surface area contributed by atoms with Crippen LogP contribution in [0.2, 0.25) is 0 Å². The molecule has 6 rings (SSSR count). The molecule has 0 amide bonds. The molecule has 2 aliphatic carbocycles. The number of phenolic OH excluding ortho intramolecular Hbond substituents is 1. The number of benzene rings is 3. The van der Waals surface area contributed by atoms with Crippen molar-refractivity contribution in [2.24, 2.45) is 0 Å². The number of phenols is 1. The number of aromatic hydroxyl groups is 1. The van der Waals surface area contributed by atoms with Gasteiger partial charge in [-0.05, 0) is 47.2 Å². The quantitative estimate of drug-likeness (QED) is 0.507. The van der Waals surface area contributed by atoms with Crippen molar-refractivity contribution in [2.45, 2.75) is 56.8 Å². The lowest BCUT2D eigenvalue weighted by Crippen LogP contribution is -2.26. The van der Waals surface area contributed by atoms with Gasteiger partial charge < -0.3 is 14.6 Å². The largest absolute Gasteiger partial charge is 0.507 e. The summed E-state index contributed by atoms with van der Waals surface area (Å²) < 4.78 is 11.6. The van der Waals surface area contributed by atoms with E-state index in [0.717, 1.165) is 36.1 Å². The molecule has 1 heterocycles. The van der Waals surface area contributed by atoms with Crippen molar-refractivity contribution >= 4 is 10.8 Å². The zero-order chi connectivity index (χ0) is 20.3. The number of hydrogen-bond donors (Lipinski definition) is 1. The summed E-state index contributed by atoms with van der Waals surface area (Å²) >= 11 is 0. The van der Waals surface area contributed by atoms with E-state index in [4.69, 9.17) is 9.47 Å². The average Bonchev–Trinajstić information content (AvgIpc) is 3.33. The van der Waals surface area contributed by atoms with Gasteiger partial charge in [0, 0.05) is 28.2 Å². The maximum Gasteiger partial charge on any atom is 0.165 e. The molecule has 1 fully saturated rings. The fourth-order valence-electron chi connectivity index (χ4n) is 6.37. The minimum Gasteiger partial charge on any atom is -0.507 e. The van der Waals surface area contributed by atoms with E-state index in [1.807, 2.05) is 6.07 Å². The zero-order valence-corrected chi connectivity index (χ0v) is 17.6. The van der Waals surface area contributed by atoms with Crippen LogP contribution in [0.3, 0.4) is 0 Å². The number of hydrogen-bond acceptors (Lipinski definition) is 3. The maximum atomic E-state index is 11.2. The first-order valence-electron chi connectivity index (χ1n) is 11.4. The average molecular weight is 401 g/mol. The number of rotatable bonds is 1. The van der Waals surface area contributed by atoms with Gasteiger partial charge >= 0.3 is 0 Å². The molecule has 3 aliphatic rings. The van der Waals surface area contributed by atoms with Gasteiger partial charge in [0.2, 0.25) is 0 Å². The minimum absolute atomic E-state index is 0.0181. The molecule has 1 saturated carbocycles. The van der Waals surface area contributed by atoms with Gasteiger partial charge in [0.25, 0.3) is 0 Å². The Hall–Kier alpha value is -2.68. The molecule has 0 aromatic heterocycles.